The van der Waals surface area contributed by atoms with Gasteiger partial charge in [-0.15, -0.1) is 0 Å². The second kappa shape index (κ2) is 9.82. The summed E-state index contributed by atoms with van der Waals surface area (Å²) in [5.74, 6) is -4.69. The molecule has 0 unspecified atom stereocenters. The maximum absolute atomic E-state index is 13.6. The average Bonchev–Trinajstić information content (AvgIpc) is 2.66. The van der Waals surface area contributed by atoms with Gasteiger partial charge in [-0.1, -0.05) is 23.7 Å². The van der Waals surface area contributed by atoms with Gasteiger partial charge in [0.25, 0.3) is 0 Å². The molecule has 9 heteroatoms. The van der Waals surface area contributed by atoms with Gasteiger partial charge in [-0.25, -0.2) is 18.2 Å². The Kier molecular flexibility index (Phi) is 7.48. The molecule has 0 aromatic heterocycles. The first-order valence-electron chi connectivity index (χ1n) is 8.10. The van der Waals surface area contributed by atoms with Gasteiger partial charge in [0.15, 0.2) is 23.4 Å². The van der Waals surface area contributed by atoms with Crippen LogP contribution in [0.1, 0.15) is 12.5 Å². The first-order valence-corrected chi connectivity index (χ1v) is 8.48. The van der Waals surface area contributed by atoms with Crippen molar-refractivity contribution in [2.45, 2.75) is 13.5 Å². The molecule has 0 saturated heterocycles. The van der Waals surface area contributed by atoms with E-state index in [1.807, 2.05) is 19.1 Å². The molecule has 0 heterocycles. The van der Waals surface area contributed by atoms with E-state index >= 15 is 0 Å². The highest BCUT2D eigenvalue weighted by Gasteiger charge is 2.15. The van der Waals surface area contributed by atoms with Crippen molar-refractivity contribution in [3.05, 3.63) is 64.4 Å². The van der Waals surface area contributed by atoms with E-state index in [2.05, 4.69) is 20.9 Å². The number of amides is 1. The summed E-state index contributed by atoms with van der Waals surface area (Å²) in [6.07, 6.45) is 0. The van der Waals surface area contributed by atoms with Crippen LogP contribution in [-0.2, 0) is 11.3 Å². The first-order chi connectivity index (χ1) is 12.9. The van der Waals surface area contributed by atoms with Crippen molar-refractivity contribution in [3.63, 3.8) is 0 Å². The summed E-state index contributed by atoms with van der Waals surface area (Å²) in [4.78, 5) is 16.3. The normalized spacial score (nSPS) is 11.2. The molecular formula is C18H18ClF3N4O. The monoisotopic (exact) mass is 398 g/mol. The molecule has 0 aliphatic carbocycles. The Morgan fingerprint density at radius 3 is 2.41 bits per heavy atom. The van der Waals surface area contributed by atoms with Gasteiger partial charge in [0, 0.05) is 11.6 Å². The lowest BCUT2D eigenvalue weighted by Gasteiger charge is -2.12. The molecule has 2 rings (SSSR count). The Bertz CT molecular complexity index is 828. The van der Waals surface area contributed by atoms with Crippen molar-refractivity contribution in [3.8, 4) is 0 Å². The summed E-state index contributed by atoms with van der Waals surface area (Å²) in [6.45, 7) is 2.53. The van der Waals surface area contributed by atoms with Crippen molar-refractivity contribution in [1.82, 2.24) is 10.6 Å². The molecule has 0 atom stereocenters. The van der Waals surface area contributed by atoms with Crippen molar-refractivity contribution >= 4 is 29.2 Å². The number of halogens is 4. The number of benzene rings is 2. The molecular weight excluding hydrogens is 381 g/mol. The number of carbonyl (C=O) groups is 1. The zero-order valence-electron chi connectivity index (χ0n) is 14.5. The van der Waals surface area contributed by atoms with Gasteiger partial charge in [-0.3, -0.25) is 4.79 Å². The van der Waals surface area contributed by atoms with Crippen LogP contribution in [0.5, 0.6) is 0 Å². The van der Waals surface area contributed by atoms with Gasteiger partial charge in [0.05, 0.1) is 18.8 Å². The number of hydrogen-bond acceptors (Lipinski definition) is 2. The van der Waals surface area contributed by atoms with Gasteiger partial charge in [0.1, 0.15) is 0 Å². The zero-order chi connectivity index (χ0) is 19.8. The molecule has 2 aromatic carbocycles. The Morgan fingerprint density at radius 2 is 1.74 bits per heavy atom. The lowest BCUT2D eigenvalue weighted by molar-refractivity contribution is -0.115. The van der Waals surface area contributed by atoms with Crippen LogP contribution >= 0.6 is 11.6 Å². The van der Waals surface area contributed by atoms with Crippen LogP contribution in [0, 0.1) is 17.5 Å². The first kappa shape index (κ1) is 20.6. The summed E-state index contributed by atoms with van der Waals surface area (Å²) in [5.41, 5.74) is 0.480. The Hall–Kier alpha value is -2.74. The highest BCUT2D eigenvalue weighted by atomic mass is 35.5. The van der Waals surface area contributed by atoms with E-state index < -0.39 is 29.0 Å². The maximum atomic E-state index is 13.6. The molecule has 2 aromatic rings. The molecule has 0 spiro atoms. The van der Waals surface area contributed by atoms with Gasteiger partial charge in [0.2, 0.25) is 5.91 Å². The molecule has 3 N–H and O–H groups in total. The molecule has 0 saturated carbocycles. The number of anilines is 1. The van der Waals surface area contributed by atoms with E-state index in [0.29, 0.717) is 24.1 Å². The Morgan fingerprint density at radius 1 is 1.04 bits per heavy atom. The highest BCUT2D eigenvalue weighted by molar-refractivity contribution is 6.30. The van der Waals surface area contributed by atoms with Crippen LogP contribution in [0.15, 0.2) is 41.4 Å². The van der Waals surface area contributed by atoms with E-state index in [0.717, 1.165) is 17.7 Å². The Labute approximate surface area is 159 Å². The molecule has 0 bridgehead atoms. The summed E-state index contributed by atoms with van der Waals surface area (Å²) in [7, 11) is 0. The van der Waals surface area contributed by atoms with Crippen molar-refractivity contribution in [2.75, 3.05) is 18.4 Å². The fourth-order valence-electron chi connectivity index (χ4n) is 2.08. The Balaban J connectivity index is 1.94. The number of aliphatic imine (C=N–C) groups is 1. The largest absolute Gasteiger partial charge is 0.357 e. The lowest BCUT2D eigenvalue weighted by atomic mass is 10.2. The number of hydrogen-bond donors (Lipinski definition) is 3. The van der Waals surface area contributed by atoms with Gasteiger partial charge in [-0.05, 0) is 36.8 Å². The summed E-state index contributed by atoms with van der Waals surface area (Å²) in [6, 6.07) is 8.83. The van der Waals surface area contributed by atoms with E-state index in [1.54, 1.807) is 12.1 Å². The van der Waals surface area contributed by atoms with E-state index in [1.165, 1.54) is 0 Å². The third-order valence-corrected chi connectivity index (χ3v) is 3.65. The van der Waals surface area contributed by atoms with Gasteiger partial charge >= 0.3 is 0 Å². The lowest BCUT2D eigenvalue weighted by Crippen LogP contribution is -2.41. The predicted octanol–water partition coefficient (Wildman–Crippen LogP) is 3.45. The molecule has 1 amide bonds. The molecule has 144 valence electrons. The van der Waals surface area contributed by atoms with E-state index in [9.17, 15) is 18.0 Å². The summed E-state index contributed by atoms with van der Waals surface area (Å²) < 4.78 is 39.7. The minimum absolute atomic E-state index is 0.245. The number of nitrogens with one attached hydrogen (secondary N) is 3. The topological polar surface area (TPSA) is 65.5 Å². The minimum atomic E-state index is -1.64. The smallest absolute Gasteiger partial charge is 0.243 e. The van der Waals surface area contributed by atoms with Crippen molar-refractivity contribution in [2.24, 2.45) is 4.99 Å². The fourth-order valence-corrected chi connectivity index (χ4v) is 2.21. The van der Waals surface area contributed by atoms with E-state index in [4.69, 9.17) is 11.6 Å². The molecule has 0 aliphatic heterocycles. The molecule has 5 nitrogen and oxygen atoms in total. The van der Waals surface area contributed by atoms with E-state index in [-0.39, 0.29) is 6.54 Å². The molecule has 0 aliphatic rings. The number of rotatable bonds is 6. The number of carbonyl (C=O) groups excluding carboxylic acids is 1. The number of guanidine groups is 1. The van der Waals surface area contributed by atoms with Crippen LogP contribution in [0.4, 0.5) is 18.9 Å². The maximum Gasteiger partial charge on any atom is 0.243 e. The van der Waals surface area contributed by atoms with Crippen LogP contribution in [-0.4, -0.2) is 25.0 Å². The molecule has 27 heavy (non-hydrogen) atoms. The molecule has 0 fully saturated rings. The van der Waals surface area contributed by atoms with Crippen LogP contribution in [0.25, 0.3) is 0 Å². The van der Waals surface area contributed by atoms with Crippen molar-refractivity contribution in [1.29, 1.82) is 0 Å². The third-order valence-electron chi connectivity index (χ3n) is 3.40. The predicted molar refractivity (Wildman–Crippen MR) is 99.2 cm³/mol. The van der Waals surface area contributed by atoms with Gasteiger partial charge < -0.3 is 16.0 Å². The average molecular weight is 399 g/mol. The van der Waals surface area contributed by atoms with Crippen molar-refractivity contribution < 1.29 is 18.0 Å². The second-order valence-electron chi connectivity index (χ2n) is 5.45. The van der Waals surface area contributed by atoms with Crippen LogP contribution in [0.2, 0.25) is 5.02 Å². The standard InChI is InChI=1S/C18H18ClF3N4O/c1-2-23-18(24-9-11-3-5-12(19)6-4-11)25-10-15(27)26-14-8-7-13(20)16(21)17(14)22/h3-8H,2,9-10H2,1H3,(H,26,27)(H2,23,24,25). The van der Waals surface area contributed by atoms with Gasteiger partial charge in [-0.2, -0.15) is 0 Å². The second-order valence-corrected chi connectivity index (χ2v) is 5.88. The molecule has 0 radical (unpaired) electrons. The van der Waals surface area contributed by atoms with Crippen LogP contribution in [0.3, 0.4) is 0 Å². The SMILES string of the molecule is CCNC(=NCc1ccc(Cl)cc1)NCC(=O)Nc1ccc(F)c(F)c1F. The summed E-state index contributed by atoms with van der Waals surface area (Å²) in [5, 5.41) is 8.53. The zero-order valence-corrected chi connectivity index (χ0v) is 15.2. The highest BCUT2D eigenvalue weighted by Crippen LogP contribution is 2.19. The fraction of sp³-hybridized carbons (Fsp3) is 0.222. The number of nitrogens with zero attached hydrogens (tertiary/aromatic N) is 1. The third kappa shape index (κ3) is 6.18. The minimum Gasteiger partial charge on any atom is -0.357 e. The summed E-state index contributed by atoms with van der Waals surface area (Å²) >= 11 is 5.83. The van der Waals surface area contributed by atoms with Crippen LogP contribution < -0.4 is 16.0 Å². The quantitative estimate of drug-likeness (QED) is 0.396.